The van der Waals surface area contributed by atoms with Crippen molar-refractivity contribution in [1.29, 1.82) is 0 Å². The molecule has 3 heteroatoms. The van der Waals surface area contributed by atoms with Crippen LogP contribution in [0.4, 0.5) is 0 Å². The maximum atomic E-state index is 11.4. The Kier molecular flexibility index (Phi) is 0.380. The second-order valence-corrected chi connectivity index (χ2v) is 1.17. The van der Waals surface area contributed by atoms with E-state index in [4.69, 9.17) is 16.8 Å². The summed E-state index contributed by atoms with van der Waals surface area (Å²) in [7, 11) is 0. The van der Waals surface area contributed by atoms with Crippen molar-refractivity contribution < 1.29 is 15.8 Å². The first-order valence-corrected chi connectivity index (χ1v) is 1.91. The van der Waals surface area contributed by atoms with Crippen LogP contribution in [0.1, 0.15) is 23.7 Å². The number of hydrogen-bond donors (Lipinski definition) is 1. The molecule has 0 radical (unpaired) electrons. The van der Waals surface area contributed by atoms with Gasteiger partial charge in [0.2, 0.25) is 0 Å². The molecule has 0 amide bonds. The molecular weight excluding hydrogens is 104 g/mol. The molecule has 0 saturated carbocycles. The van der Waals surface area contributed by atoms with Crippen molar-refractivity contribution in [3.63, 3.8) is 0 Å². The van der Waals surface area contributed by atoms with Crippen LogP contribution in [0.2, 0.25) is 0 Å². The average Bonchev–Trinajstić information content (AvgIpc) is 2.13. The molecule has 0 atom stereocenters. The SMILES string of the molecule is [2H]C1([2H])C(=O)C([2H])([2H])C([2H])([2H])N(N)C1([2H])[2H]. The Bertz CT molecular complexity index is 309. The molecule has 2 N–H and O–H groups in total. The van der Waals surface area contributed by atoms with Crippen molar-refractivity contribution in [2.24, 2.45) is 5.84 Å². The van der Waals surface area contributed by atoms with Gasteiger partial charge in [-0.25, -0.2) is 5.01 Å². The molecule has 8 heavy (non-hydrogen) atoms. The first kappa shape index (κ1) is 1.36. The van der Waals surface area contributed by atoms with E-state index < -0.39 is 31.5 Å². The molecular formula is C5H10N2O. The molecule has 1 aliphatic heterocycles. The number of carbonyl (C=O) groups excluding carboxylic acids is 1. The number of rotatable bonds is 0. The van der Waals surface area contributed by atoms with Crippen molar-refractivity contribution in [2.75, 3.05) is 13.0 Å². The summed E-state index contributed by atoms with van der Waals surface area (Å²) in [5.41, 5.74) is 0. The summed E-state index contributed by atoms with van der Waals surface area (Å²) in [6.45, 7) is -6.25. The maximum Gasteiger partial charge on any atom is 0.135 e. The molecule has 0 aliphatic carbocycles. The Morgan fingerprint density at radius 2 is 2.12 bits per heavy atom. The van der Waals surface area contributed by atoms with Crippen LogP contribution in [0.3, 0.4) is 0 Å². The number of Topliss-reactive ketones (excluding diaryl/α,β-unsaturated/α-hetero) is 1. The van der Waals surface area contributed by atoms with Crippen LogP contribution >= 0.6 is 0 Å². The van der Waals surface area contributed by atoms with E-state index in [1.807, 2.05) is 0 Å². The van der Waals surface area contributed by atoms with E-state index in [0.29, 0.717) is 0 Å². The largest absolute Gasteiger partial charge is 0.300 e. The van der Waals surface area contributed by atoms with Gasteiger partial charge in [-0.2, -0.15) is 0 Å². The standard InChI is InChI=1S/C5H10N2O/c6-7-3-1-5(8)2-4-7/h1-4,6H2/i1D2,2D2,3D2,4D2. The van der Waals surface area contributed by atoms with Crippen LogP contribution in [-0.4, -0.2) is 23.8 Å². The molecule has 0 aromatic heterocycles. The van der Waals surface area contributed by atoms with Gasteiger partial charge >= 0.3 is 0 Å². The minimum atomic E-state index is -3.23. The molecule has 0 bridgehead atoms. The second-order valence-electron chi connectivity index (χ2n) is 1.17. The van der Waals surface area contributed by atoms with E-state index in [1.54, 1.807) is 0 Å². The molecule has 1 fully saturated rings. The molecule has 1 rings (SSSR count). The topological polar surface area (TPSA) is 46.3 Å². The fourth-order valence-corrected chi connectivity index (χ4v) is 0.281. The molecule has 1 aliphatic rings. The van der Waals surface area contributed by atoms with Crippen LogP contribution < -0.4 is 5.84 Å². The number of piperidine rings is 1. The van der Waals surface area contributed by atoms with E-state index in [2.05, 4.69) is 0 Å². The average molecular weight is 122 g/mol. The summed E-state index contributed by atoms with van der Waals surface area (Å²) >= 11 is 0. The Morgan fingerprint density at radius 1 is 1.62 bits per heavy atom. The van der Waals surface area contributed by atoms with Crippen molar-refractivity contribution in [2.45, 2.75) is 12.7 Å². The highest BCUT2D eigenvalue weighted by Gasteiger charge is 2.11. The molecule has 0 aromatic rings. The van der Waals surface area contributed by atoms with Gasteiger partial charge in [0.15, 0.2) is 0 Å². The first-order valence-electron chi connectivity index (χ1n) is 5.91. The summed E-state index contributed by atoms with van der Waals surface area (Å²) < 4.78 is 57.9. The lowest BCUT2D eigenvalue weighted by molar-refractivity contribution is -0.121. The molecule has 0 unspecified atom stereocenters. The van der Waals surface area contributed by atoms with Gasteiger partial charge in [0.25, 0.3) is 0 Å². The zero-order chi connectivity index (χ0) is 13.2. The van der Waals surface area contributed by atoms with Gasteiger partial charge in [-0.1, -0.05) is 0 Å². The van der Waals surface area contributed by atoms with Gasteiger partial charge in [-0.15, -0.1) is 0 Å². The molecule has 3 nitrogen and oxygen atoms in total. The summed E-state index contributed by atoms with van der Waals surface area (Å²) in [4.78, 5) is 11.4. The van der Waals surface area contributed by atoms with Crippen molar-refractivity contribution >= 4 is 5.78 Å². The molecule has 1 heterocycles. The van der Waals surface area contributed by atoms with Crippen molar-refractivity contribution in [1.82, 2.24) is 5.01 Å². The first-order chi connectivity index (χ1) is 6.81. The van der Waals surface area contributed by atoms with E-state index in [1.165, 1.54) is 0 Å². The van der Waals surface area contributed by atoms with E-state index >= 15 is 0 Å². The van der Waals surface area contributed by atoms with Crippen molar-refractivity contribution in [3.05, 3.63) is 0 Å². The van der Waals surface area contributed by atoms with E-state index in [9.17, 15) is 4.79 Å². The lowest BCUT2D eigenvalue weighted by atomic mass is 10.1. The number of nitrogens with two attached hydrogens (primary N) is 1. The maximum absolute atomic E-state index is 11.4. The van der Waals surface area contributed by atoms with E-state index in [-0.39, 0.29) is 5.01 Å². The van der Waals surface area contributed by atoms with E-state index in [0.717, 1.165) is 0 Å². The minimum Gasteiger partial charge on any atom is -0.300 e. The highest BCUT2D eigenvalue weighted by atomic mass is 16.1. The quantitative estimate of drug-likeness (QED) is 0.442. The van der Waals surface area contributed by atoms with Gasteiger partial charge in [0.05, 0.1) is 0 Å². The summed E-state index contributed by atoms with van der Waals surface area (Å²) in [5, 5.41) is -0.221. The number of hydrazine groups is 1. The summed E-state index contributed by atoms with van der Waals surface area (Å²) in [6, 6.07) is 0. The third kappa shape index (κ3) is 1.28. The minimum absolute atomic E-state index is 0.221. The Hall–Kier alpha value is -0.410. The van der Waals surface area contributed by atoms with Crippen molar-refractivity contribution in [3.8, 4) is 0 Å². The van der Waals surface area contributed by atoms with Gasteiger partial charge < -0.3 is 0 Å². The molecule has 0 spiro atoms. The molecule has 46 valence electrons. The Labute approximate surface area is 59.7 Å². The highest BCUT2D eigenvalue weighted by Crippen LogP contribution is 1.99. The van der Waals surface area contributed by atoms with Crippen LogP contribution in [0.15, 0.2) is 0 Å². The lowest BCUT2D eigenvalue weighted by Gasteiger charge is -2.19. The van der Waals surface area contributed by atoms with Gasteiger partial charge in [0.1, 0.15) is 5.78 Å². The zero-order valence-corrected chi connectivity index (χ0v) is 3.93. The number of hydrogen-bond acceptors (Lipinski definition) is 3. The third-order valence-corrected chi connectivity index (χ3v) is 0.580. The van der Waals surface area contributed by atoms with Gasteiger partial charge in [-0.3, -0.25) is 10.6 Å². The fraction of sp³-hybridized carbons (Fsp3) is 0.800. The van der Waals surface area contributed by atoms with Gasteiger partial charge in [-0.05, 0) is 0 Å². The monoisotopic (exact) mass is 122 g/mol. The Morgan fingerprint density at radius 3 is 2.62 bits per heavy atom. The normalized spacial score (nSPS) is 63.9. The van der Waals surface area contributed by atoms with Crippen LogP contribution in [0.25, 0.3) is 0 Å². The Balaban J connectivity index is 3.45. The predicted molar refractivity (Wildman–Crippen MR) is 30.0 cm³/mol. The highest BCUT2D eigenvalue weighted by molar-refractivity contribution is 5.79. The van der Waals surface area contributed by atoms with Gasteiger partial charge in [0, 0.05) is 36.7 Å². The number of ketones is 1. The number of carbonyl (C=O) groups is 1. The van der Waals surface area contributed by atoms with Crippen LogP contribution in [0.5, 0.6) is 0 Å². The van der Waals surface area contributed by atoms with Crippen LogP contribution in [0, 0.1) is 0 Å². The number of nitrogens with zero attached hydrogens (tertiary/aromatic N) is 1. The smallest absolute Gasteiger partial charge is 0.135 e. The lowest BCUT2D eigenvalue weighted by Crippen LogP contribution is -2.38. The summed E-state index contributed by atoms with van der Waals surface area (Å²) in [5.74, 6) is 3.26. The molecule has 0 aromatic carbocycles. The second kappa shape index (κ2) is 2.24. The summed E-state index contributed by atoms with van der Waals surface area (Å²) in [6.07, 6.45) is -6.45. The zero-order valence-electron chi connectivity index (χ0n) is 11.9. The third-order valence-electron chi connectivity index (χ3n) is 0.580. The molecule has 1 saturated heterocycles. The van der Waals surface area contributed by atoms with Crippen LogP contribution in [-0.2, 0) is 4.79 Å². The predicted octanol–water partition coefficient (Wildman–Crippen LogP) is -0.475. The fourth-order valence-electron chi connectivity index (χ4n) is 0.281.